The van der Waals surface area contributed by atoms with E-state index in [1.54, 1.807) is 35.4 Å². The van der Waals surface area contributed by atoms with E-state index < -0.39 is 5.82 Å². The van der Waals surface area contributed by atoms with E-state index in [9.17, 15) is 4.79 Å². The predicted molar refractivity (Wildman–Crippen MR) is 151 cm³/mol. The number of ether oxygens (including phenoxy) is 3. The molecule has 214 valence electrons. The third kappa shape index (κ3) is 5.59. The number of carbonyl (C=O) groups is 1. The molecule has 3 aromatic heterocycles. The molecular weight excluding hydrogens is 557 g/mol. The van der Waals surface area contributed by atoms with Crippen LogP contribution in [0.25, 0.3) is 16.6 Å². The molecule has 0 spiro atoms. The monoisotopic (exact) mass is 579 g/mol. The van der Waals surface area contributed by atoms with E-state index in [0.29, 0.717) is 47.0 Å². The van der Waals surface area contributed by atoms with E-state index in [2.05, 4.69) is 36.9 Å². The van der Waals surface area contributed by atoms with Crippen molar-refractivity contribution in [1.82, 2.24) is 34.6 Å². The standard InChI is InChI=1S/C29H22FN9O4/c1-3-28(40)38-14-19(15-38)42-25-9-20-23(10-24(25)41-2)34-16-35-29(20)36-22-5-4-18(8-21(22)30)43-27-6-7-39(37-27)17-12-32-26(11-31)33-13-17/h3-10,12-13,16,19H,1,14-15H2,2H3,(H,34,35,36). The number of aromatic nitrogens is 6. The molecule has 4 heterocycles. The Morgan fingerprint density at radius 1 is 1.14 bits per heavy atom. The molecule has 1 fully saturated rings. The minimum Gasteiger partial charge on any atom is -0.493 e. The van der Waals surface area contributed by atoms with Gasteiger partial charge in [-0.15, -0.1) is 5.10 Å². The Morgan fingerprint density at radius 3 is 2.67 bits per heavy atom. The van der Waals surface area contributed by atoms with Gasteiger partial charge in [0, 0.05) is 29.8 Å². The minimum absolute atomic E-state index is 0.0448. The summed E-state index contributed by atoms with van der Waals surface area (Å²) in [6.45, 7) is 4.35. The van der Waals surface area contributed by atoms with Gasteiger partial charge in [0.25, 0.3) is 0 Å². The van der Waals surface area contributed by atoms with E-state index in [0.717, 1.165) is 0 Å². The van der Waals surface area contributed by atoms with E-state index in [4.69, 9.17) is 19.5 Å². The molecule has 14 heteroatoms. The maximum absolute atomic E-state index is 15.2. The quantitative estimate of drug-likeness (QED) is 0.253. The van der Waals surface area contributed by atoms with Gasteiger partial charge < -0.3 is 24.4 Å². The summed E-state index contributed by atoms with van der Waals surface area (Å²) in [6.07, 6.45) is 6.95. The smallest absolute Gasteiger partial charge is 0.246 e. The number of anilines is 2. The Hall–Kier alpha value is -6.10. The number of halogens is 1. The van der Waals surface area contributed by atoms with Crippen LogP contribution in [0.2, 0.25) is 0 Å². The molecular formula is C29H22FN9O4. The molecule has 43 heavy (non-hydrogen) atoms. The summed E-state index contributed by atoms with van der Waals surface area (Å²) in [5, 5.41) is 16.7. The number of rotatable bonds is 9. The van der Waals surface area contributed by atoms with Crippen LogP contribution in [0.4, 0.5) is 15.9 Å². The van der Waals surface area contributed by atoms with Gasteiger partial charge >= 0.3 is 0 Å². The van der Waals surface area contributed by atoms with Crippen LogP contribution in [0.15, 0.2) is 74.0 Å². The van der Waals surface area contributed by atoms with Crippen molar-refractivity contribution >= 4 is 28.3 Å². The van der Waals surface area contributed by atoms with Gasteiger partial charge in [0.15, 0.2) is 11.5 Å². The second kappa shape index (κ2) is 11.4. The first kappa shape index (κ1) is 27.1. The van der Waals surface area contributed by atoms with Gasteiger partial charge in [0.05, 0.1) is 43.8 Å². The second-order valence-electron chi connectivity index (χ2n) is 9.27. The van der Waals surface area contributed by atoms with Crippen molar-refractivity contribution in [3.63, 3.8) is 0 Å². The number of nitrogens with one attached hydrogen (secondary N) is 1. The van der Waals surface area contributed by atoms with Crippen LogP contribution in [0, 0.1) is 17.1 Å². The molecule has 0 saturated carbocycles. The summed E-state index contributed by atoms with van der Waals surface area (Å²) >= 11 is 0. The van der Waals surface area contributed by atoms with E-state index >= 15 is 4.39 Å². The fraction of sp³-hybridized carbons (Fsp3) is 0.138. The van der Waals surface area contributed by atoms with E-state index in [1.165, 1.54) is 48.7 Å². The fourth-order valence-corrected chi connectivity index (χ4v) is 4.33. The number of carbonyl (C=O) groups excluding carboxylic acids is 1. The Kier molecular flexibility index (Phi) is 7.19. The third-order valence-electron chi connectivity index (χ3n) is 6.53. The number of methoxy groups -OCH3 is 1. The number of fused-ring (bicyclic) bond motifs is 1. The van der Waals surface area contributed by atoms with Crippen molar-refractivity contribution in [2.24, 2.45) is 0 Å². The van der Waals surface area contributed by atoms with Crippen molar-refractivity contribution in [3.05, 3.63) is 85.6 Å². The zero-order valence-corrected chi connectivity index (χ0v) is 22.6. The molecule has 1 amide bonds. The van der Waals surface area contributed by atoms with Crippen LogP contribution >= 0.6 is 0 Å². The Bertz CT molecular complexity index is 1880. The van der Waals surface area contributed by atoms with Gasteiger partial charge in [-0.25, -0.2) is 29.0 Å². The average Bonchev–Trinajstić information content (AvgIpc) is 3.48. The van der Waals surface area contributed by atoms with Crippen molar-refractivity contribution in [2.45, 2.75) is 6.10 Å². The second-order valence-corrected chi connectivity index (χ2v) is 9.27. The summed E-state index contributed by atoms with van der Waals surface area (Å²) in [4.78, 5) is 29.8. The molecule has 5 aromatic rings. The lowest BCUT2D eigenvalue weighted by Crippen LogP contribution is -2.55. The van der Waals surface area contributed by atoms with Crippen molar-refractivity contribution in [1.29, 1.82) is 5.26 Å². The molecule has 6 rings (SSSR count). The maximum Gasteiger partial charge on any atom is 0.246 e. The minimum atomic E-state index is -0.587. The number of nitrogens with zero attached hydrogens (tertiary/aromatic N) is 8. The third-order valence-corrected chi connectivity index (χ3v) is 6.53. The Morgan fingerprint density at radius 2 is 1.95 bits per heavy atom. The topological polar surface area (TPSA) is 153 Å². The summed E-state index contributed by atoms with van der Waals surface area (Å²) in [7, 11) is 1.52. The highest BCUT2D eigenvalue weighted by atomic mass is 19.1. The highest BCUT2D eigenvalue weighted by Gasteiger charge is 2.31. The number of hydrogen-bond acceptors (Lipinski definition) is 11. The largest absolute Gasteiger partial charge is 0.493 e. The lowest BCUT2D eigenvalue weighted by atomic mass is 10.1. The molecule has 2 aromatic carbocycles. The summed E-state index contributed by atoms with van der Waals surface area (Å²) in [5.74, 6) is 1.01. The van der Waals surface area contributed by atoms with Crippen LogP contribution in [0.5, 0.6) is 23.1 Å². The first-order valence-corrected chi connectivity index (χ1v) is 12.9. The number of nitriles is 1. The van der Waals surface area contributed by atoms with Gasteiger partial charge in [-0.3, -0.25) is 4.79 Å². The van der Waals surface area contributed by atoms with E-state index in [1.807, 2.05) is 6.07 Å². The first-order valence-electron chi connectivity index (χ1n) is 12.9. The average molecular weight is 580 g/mol. The molecule has 0 aliphatic carbocycles. The van der Waals surface area contributed by atoms with Crippen molar-refractivity contribution < 1.29 is 23.4 Å². The Balaban J connectivity index is 1.18. The van der Waals surface area contributed by atoms with Crippen LogP contribution in [-0.2, 0) is 4.79 Å². The number of amides is 1. The lowest BCUT2D eigenvalue weighted by molar-refractivity contribution is -0.134. The molecule has 0 bridgehead atoms. The molecule has 0 atom stereocenters. The lowest BCUT2D eigenvalue weighted by Gasteiger charge is -2.38. The van der Waals surface area contributed by atoms with Gasteiger partial charge in [0.2, 0.25) is 17.6 Å². The molecule has 1 aliphatic heterocycles. The van der Waals surface area contributed by atoms with Gasteiger partial charge in [0.1, 0.15) is 41.6 Å². The fourth-order valence-electron chi connectivity index (χ4n) is 4.33. The van der Waals surface area contributed by atoms with Crippen molar-refractivity contribution in [2.75, 3.05) is 25.5 Å². The summed E-state index contributed by atoms with van der Waals surface area (Å²) < 4.78 is 34.0. The summed E-state index contributed by atoms with van der Waals surface area (Å²) in [5.41, 5.74) is 1.24. The first-order chi connectivity index (χ1) is 20.9. The number of likely N-dealkylation sites (tertiary alicyclic amines) is 1. The zero-order chi connectivity index (χ0) is 29.9. The SMILES string of the molecule is C=CC(=O)N1CC(Oc2cc3c(Nc4ccc(Oc5ccn(-c6cnc(C#N)nc6)n5)cc4F)ncnc3cc2OC)C1. The molecule has 0 unspecified atom stereocenters. The van der Waals surface area contributed by atoms with Gasteiger partial charge in [-0.1, -0.05) is 6.58 Å². The number of hydrogen-bond donors (Lipinski definition) is 1. The predicted octanol–water partition coefficient (Wildman–Crippen LogP) is 3.94. The van der Waals surface area contributed by atoms with Gasteiger partial charge in [-0.2, -0.15) is 5.26 Å². The van der Waals surface area contributed by atoms with Crippen LogP contribution in [0.1, 0.15) is 5.82 Å². The zero-order valence-electron chi connectivity index (χ0n) is 22.6. The highest BCUT2D eigenvalue weighted by molar-refractivity contribution is 5.93. The van der Waals surface area contributed by atoms with E-state index in [-0.39, 0.29) is 35.2 Å². The highest BCUT2D eigenvalue weighted by Crippen LogP contribution is 2.36. The number of benzene rings is 2. The molecule has 1 aliphatic rings. The Labute approximate surface area is 243 Å². The van der Waals surface area contributed by atoms with Crippen LogP contribution in [-0.4, -0.2) is 66.8 Å². The molecule has 1 saturated heterocycles. The van der Waals surface area contributed by atoms with Gasteiger partial charge in [-0.05, 0) is 24.3 Å². The summed E-state index contributed by atoms with van der Waals surface area (Å²) in [6, 6.07) is 11.2. The normalized spacial score (nSPS) is 12.7. The maximum atomic E-state index is 15.2. The molecule has 1 N–H and O–H groups in total. The van der Waals surface area contributed by atoms with Crippen LogP contribution < -0.4 is 19.5 Å². The van der Waals surface area contributed by atoms with Crippen LogP contribution in [0.3, 0.4) is 0 Å². The molecule has 0 radical (unpaired) electrons. The van der Waals surface area contributed by atoms with Crippen molar-refractivity contribution in [3.8, 4) is 34.9 Å². The molecule has 13 nitrogen and oxygen atoms in total.